The predicted octanol–water partition coefficient (Wildman–Crippen LogP) is 3.59. The van der Waals surface area contributed by atoms with Crippen LogP contribution in [0.25, 0.3) is 0 Å². The van der Waals surface area contributed by atoms with E-state index < -0.39 is 0 Å². The smallest absolute Gasteiger partial charge is 0.170 e. The Kier molecular flexibility index (Phi) is 4.87. The molecule has 0 aromatic carbocycles. The van der Waals surface area contributed by atoms with E-state index in [1.165, 1.54) is 0 Å². The van der Waals surface area contributed by atoms with E-state index in [2.05, 4.69) is 49.8 Å². The van der Waals surface area contributed by atoms with Gasteiger partial charge in [-0.15, -0.1) is 0 Å². The molecule has 1 N–H and O–H groups in total. The maximum atomic E-state index is 14.7. The van der Waals surface area contributed by atoms with Gasteiger partial charge in [0.15, 0.2) is 11.6 Å². The highest BCUT2D eigenvalue weighted by Gasteiger charge is 2.28. The van der Waals surface area contributed by atoms with Crippen LogP contribution in [0.3, 0.4) is 0 Å². The van der Waals surface area contributed by atoms with E-state index in [-0.39, 0.29) is 11.4 Å². The highest BCUT2D eigenvalue weighted by molar-refractivity contribution is 5.44. The average Bonchev–Trinajstić information content (AvgIpc) is 2.86. The Labute approximate surface area is 127 Å². The van der Waals surface area contributed by atoms with Crippen LogP contribution in [0.5, 0.6) is 0 Å². The van der Waals surface area contributed by atoms with E-state index in [4.69, 9.17) is 0 Å². The molecule has 3 nitrogen and oxygen atoms in total. The van der Waals surface area contributed by atoms with Gasteiger partial charge in [-0.3, -0.25) is 0 Å². The molecule has 1 unspecified atom stereocenters. The minimum atomic E-state index is -0.168. The fourth-order valence-corrected chi connectivity index (χ4v) is 2.71. The number of hydrogen-bond acceptors (Lipinski definition) is 3. The van der Waals surface area contributed by atoms with Crippen molar-refractivity contribution in [1.29, 1.82) is 0 Å². The summed E-state index contributed by atoms with van der Waals surface area (Å²) in [5.41, 5.74) is 0.676. The molecule has 1 aromatic heterocycles. The van der Waals surface area contributed by atoms with Crippen molar-refractivity contribution < 1.29 is 4.39 Å². The van der Waals surface area contributed by atoms with Gasteiger partial charge in [-0.1, -0.05) is 13.8 Å². The minimum absolute atomic E-state index is 0.0216. The summed E-state index contributed by atoms with van der Waals surface area (Å²) >= 11 is 0. The molecule has 21 heavy (non-hydrogen) atoms. The summed E-state index contributed by atoms with van der Waals surface area (Å²) in [6.07, 6.45) is 2.85. The first-order chi connectivity index (χ1) is 9.78. The van der Waals surface area contributed by atoms with Crippen LogP contribution in [-0.4, -0.2) is 23.6 Å². The Hall–Kier alpha value is -1.16. The van der Waals surface area contributed by atoms with Crippen molar-refractivity contribution in [3.8, 4) is 0 Å². The third kappa shape index (κ3) is 4.16. The van der Waals surface area contributed by atoms with Gasteiger partial charge in [0.2, 0.25) is 0 Å². The van der Waals surface area contributed by atoms with Crippen LogP contribution in [-0.2, 0) is 6.54 Å². The first-order valence-electron chi connectivity index (χ1n) is 7.91. The van der Waals surface area contributed by atoms with Gasteiger partial charge in [-0.05, 0) is 45.1 Å². The molecule has 0 amide bonds. The second-order valence-electron chi connectivity index (χ2n) is 7.45. The second kappa shape index (κ2) is 6.30. The van der Waals surface area contributed by atoms with Gasteiger partial charge in [0.1, 0.15) is 0 Å². The van der Waals surface area contributed by atoms with E-state index in [0.717, 1.165) is 19.5 Å². The zero-order valence-corrected chi connectivity index (χ0v) is 13.9. The van der Waals surface area contributed by atoms with Crippen LogP contribution >= 0.6 is 0 Å². The minimum Gasteiger partial charge on any atom is -0.354 e. The van der Waals surface area contributed by atoms with Gasteiger partial charge >= 0.3 is 0 Å². The highest BCUT2D eigenvalue weighted by Crippen LogP contribution is 2.29. The number of rotatable bonds is 4. The van der Waals surface area contributed by atoms with E-state index >= 15 is 0 Å². The van der Waals surface area contributed by atoms with Crippen LogP contribution in [0.1, 0.15) is 46.6 Å². The SMILES string of the molecule is CC(C)C1CCN(c2nccc(CNC(C)(C)C)c2F)C1. The van der Waals surface area contributed by atoms with Crippen molar-refractivity contribution in [2.75, 3.05) is 18.0 Å². The van der Waals surface area contributed by atoms with Gasteiger partial charge in [-0.25, -0.2) is 9.37 Å². The molecule has 1 aromatic rings. The zero-order chi connectivity index (χ0) is 15.6. The number of aromatic nitrogens is 1. The Morgan fingerprint density at radius 3 is 2.71 bits per heavy atom. The van der Waals surface area contributed by atoms with Crippen LogP contribution in [0.15, 0.2) is 12.3 Å². The molecule has 0 spiro atoms. The standard InChI is InChI=1S/C17H28FN3/c1-12(2)14-7-9-21(11-14)16-15(18)13(6-8-19-16)10-20-17(3,4)5/h6,8,12,14,20H,7,9-11H2,1-5H3. The monoisotopic (exact) mass is 293 g/mol. The van der Waals surface area contributed by atoms with Crippen molar-refractivity contribution in [2.24, 2.45) is 11.8 Å². The lowest BCUT2D eigenvalue weighted by Crippen LogP contribution is -2.35. The summed E-state index contributed by atoms with van der Waals surface area (Å²) in [6, 6.07) is 1.77. The molecule has 2 rings (SSSR count). The number of hydrogen-bond donors (Lipinski definition) is 1. The fourth-order valence-electron chi connectivity index (χ4n) is 2.71. The molecule has 1 aliphatic heterocycles. The normalized spacial score (nSPS) is 19.6. The van der Waals surface area contributed by atoms with Crippen molar-refractivity contribution in [2.45, 2.75) is 53.1 Å². The molecule has 0 radical (unpaired) electrons. The molecule has 1 aliphatic rings. The van der Waals surface area contributed by atoms with Crippen LogP contribution in [0.4, 0.5) is 10.2 Å². The first-order valence-corrected chi connectivity index (χ1v) is 7.91. The van der Waals surface area contributed by atoms with Gasteiger partial charge in [-0.2, -0.15) is 0 Å². The molecule has 118 valence electrons. The molecular formula is C17H28FN3. The molecule has 1 atom stereocenters. The number of pyridine rings is 1. The Morgan fingerprint density at radius 1 is 1.43 bits per heavy atom. The van der Waals surface area contributed by atoms with E-state index in [9.17, 15) is 4.39 Å². The summed E-state index contributed by atoms with van der Waals surface area (Å²) in [4.78, 5) is 6.38. The molecule has 1 saturated heterocycles. The van der Waals surface area contributed by atoms with E-state index in [1.807, 2.05) is 0 Å². The number of nitrogens with one attached hydrogen (secondary N) is 1. The van der Waals surface area contributed by atoms with Crippen molar-refractivity contribution in [3.05, 3.63) is 23.6 Å². The Bertz CT molecular complexity index is 479. The van der Waals surface area contributed by atoms with Gasteiger partial charge < -0.3 is 10.2 Å². The lowest BCUT2D eigenvalue weighted by molar-refractivity contribution is 0.417. The van der Waals surface area contributed by atoms with Gasteiger partial charge in [0.05, 0.1) is 0 Å². The van der Waals surface area contributed by atoms with Crippen molar-refractivity contribution in [3.63, 3.8) is 0 Å². The number of anilines is 1. The average molecular weight is 293 g/mol. The van der Waals surface area contributed by atoms with Gasteiger partial charge in [0, 0.05) is 36.9 Å². The molecule has 1 fully saturated rings. The predicted molar refractivity (Wildman–Crippen MR) is 85.9 cm³/mol. The van der Waals surface area contributed by atoms with Crippen LogP contribution in [0.2, 0.25) is 0 Å². The Balaban J connectivity index is 2.11. The topological polar surface area (TPSA) is 28.2 Å². The van der Waals surface area contributed by atoms with Crippen LogP contribution in [0, 0.1) is 17.7 Å². The molecular weight excluding hydrogens is 265 g/mol. The summed E-state index contributed by atoms with van der Waals surface area (Å²) in [5, 5.41) is 3.34. The summed E-state index contributed by atoms with van der Waals surface area (Å²) < 4.78 is 14.7. The largest absolute Gasteiger partial charge is 0.354 e. The maximum Gasteiger partial charge on any atom is 0.170 e. The third-order valence-electron chi connectivity index (χ3n) is 4.23. The highest BCUT2D eigenvalue weighted by atomic mass is 19.1. The maximum absolute atomic E-state index is 14.7. The first kappa shape index (κ1) is 16.2. The Morgan fingerprint density at radius 2 is 2.14 bits per heavy atom. The van der Waals surface area contributed by atoms with E-state index in [0.29, 0.717) is 29.8 Å². The van der Waals surface area contributed by atoms with Gasteiger partial charge in [0.25, 0.3) is 0 Å². The fraction of sp³-hybridized carbons (Fsp3) is 0.706. The number of nitrogens with zero attached hydrogens (tertiary/aromatic N) is 2. The van der Waals surface area contributed by atoms with Crippen LogP contribution < -0.4 is 10.2 Å². The molecule has 0 saturated carbocycles. The van der Waals surface area contributed by atoms with Crippen molar-refractivity contribution >= 4 is 5.82 Å². The molecule has 4 heteroatoms. The quantitative estimate of drug-likeness (QED) is 0.919. The summed E-state index contributed by atoms with van der Waals surface area (Å²) in [5.74, 6) is 1.64. The summed E-state index contributed by atoms with van der Waals surface area (Å²) in [6.45, 7) is 13.1. The van der Waals surface area contributed by atoms with E-state index in [1.54, 1.807) is 12.3 Å². The number of halogens is 1. The van der Waals surface area contributed by atoms with Crippen molar-refractivity contribution in [1.82, 2.24) is 10.3 Å². The molecule has 2 heterocycles. The molecule has 0 bridgehead atoms. The molecule has 0 aliphatic carbocycles. The lowest BCUT2D eigenvalue weighted by Gasteiger charge is -2.23. The zero-order valence-electron chi connectivity index (χ0n) is 13.9. The lowest BCUT2D eigenvalue weighted by atomic mass is 9.95. The summed E-state index contributed by atoms with van der Waals surface area (Å²) in [7, 11) is 0. The third-order valence-corrected chi connectivity index (χ3v) is 4.23. The second-order valence-corrected chi connectivity index (χ2v) is 7.45.